The molecule has 0 saturated carbocycles. The lowest BCUT2D eigenvalue weighted by Crippen LogP contribution is -2.46. The maximum Gasteiger partial charge on any atom is 0.251 e. The van der Waals surface area contributed by atoms with Gasteiger partial charge in [-0.3, -0.25) is 4.79 Å². The maximum absolute atomic E-state index is 12.1. The molecule has 3 saturated heterocycles. The van der Waals surface area contributed by atoms with E-state index in [1.807, 2.05) is 24.3 Å². The van der Waals surface area contributed by atoms with Crippen molar-refractivity contribution in [1.82, 2.24) is 25.6 Å². The summed E-state index contributed by atoms with van der Waals surface area (Å²) in [5, 5.41) is 6.98. The average molecular weight is 461 g/mol. The summed E-state index contributed by atoms with van der Waals surface area (Å²) < 4.78 is 11.8. The number of amides is 1. The lowest BCUT2D eigenvalue weighted by atomic mass is 10.1. The number of hydrogen-bond acceptors (Lipinski definition) is 8. The van der Waals surface area contributed by atoms with Crippen LogP contribution in [-0.2, 0) is 9.47 Å². The Balaban J connectivity index is 1.47. The van der Waals surface area contributed by atoms with Crippen LogP contribution in [0.4, 0.5) is 5.82 Å². The van der Waals surface area contributed by atoms with Gasteiger partial charge >= 0.3 is 0 Å². The Labute approximate surface area is 197 Å². The van der Waals surface area contributed by atoms with E-state index in [4.69, 9.17) is 24.4 Å². The van der Waals surface area contributed by atoms with Crippen LogP contribution >= 0.6 is 0 Å². The van der Waals surface area contributed by atoms with E-state index in [0.29, 0.717) is 42.3 Å². The van der Waals surface area contributed by atoms with Crippen LogP contribution < -0.4 is 15.5 Å². The molecule has 2 N–H and O–H groups in total. The molecule has 9 heteroatoms. The molecule has 0 spiro atoms. The second-order valence-corrected chi connectivity index (χ2v) is 9.03. The number of ether oxygens (including phenoxy) is 2. The quantitative estimate of drug-likeness (QED) is 0.610. The molecule has 1 aromatic carbocycles. The van der Waals surface area contributed by atoms with Gasteiger partial charge in [-0.2, -0.15) is 0 Å². The Kier molecular flexibility index (Phi) is 5.60. The number of nitrogens with zero attached hydrogens (tertiary/aromatic N) is 4. The first-order valence-electron chi connectivity index (χ1n) is 11.9. The van der Waals surface area contributed by atoms with E-state index in [1.165, 1.54) is 0 Å². The molecule has 0 radical (unpaired) electrons. The molecule has 2 aromatic heterocycles. The van der Waals surface area contributed by atoms with Crippen molar-refractivity contribution in [3.8, 4) is 11.3 Å². The fourth-order valence-electron chi connectivity index (χ4n) is 5.18. The molecule has 9 nitrogen and oxygen atoms in total. The number of aromatic nitrogens is 3. The molecule has 3 aliphatic rings. The fraction of sp³-hybridized carbons (Fsp3) is 0.440. The summed E-state index contributed by atoms with van der Waals surface area (Å²) in [5.41, 5.74) is 2.87. The molecule has 3 aliphatic heterocycles. The van der Waals surface area contributed by atoms with Crippen molar-refractivity contribution in [3.63, 3.8) is 0 Å². The number of morpholine rings is 2. The number of rotatable bonds is 4. The minimum absolute atomic E-state index is 0.126. The highest BCUT2D eigenvalue weighted by Crippen LogP contribution is 2.37. The van der Waals surface area contributed by atoms with Crippen LogP contribution in [0.25, 0.3) is 22.3 Å². The molecule has 2 bridgehead atoms. The Morgan fingerprint density at radius 1 is 1.12 bits per heavy atom. The van der Waals surface area contributed by atoms with Gasteiger partial charge < -0.3 is 25.0 Å². The number of benzene rings is 1. The molecular formula is C25H28N6O3. The van der Waals surface area contributed by atoms with Crippen LogP contribution in [0.5, 0.6) is 0 Å². The fourth-order valence-corrected chi connectivity index (χ4v) is 5.18. The summed E-state index contributed by atoms with van der Waals surface area (Å²) >= 11 is 0. The van der Waals surface area contributed by atoms with Gasteiger partial charge in [0.25, 0.3) is 5.91 Å². The van der Waals surface area contributed by atoms with Gasteiger partial charge in [0.15, 0.2) is 11.5 Å². The van der Waals surface area contributed by atoms with Crippen LogP contribution in [-0.4, -0.2) is 72.9 Å². The van der Waals surface area contributed by atoms with Gasteiger partial charge in [0.1, 0.15) is 11.9 Å². The topological polar surface area (TPSA) is 102 Å². The molecular weight excluding hydrogens is 432 g/mol. The number of anilines is 1. The monoisotopic (exact) mass is 460 g/mol. The van der Waals surface area contributed by atoms with E-state index in [-0.39, 0.29) is 12.0 Å². The Bertz CT molecular complexity index is 1210. The zero-order valence-electron chi connectivity index (χ0n) is 19.2. The highest BCUT2D eigenvalue weighted by molar-refractivity contribution is 5.95. The highest BCUT2D eigenvalue weighted by atomic mass is 16.5. The van der Waals surface area contributed by atoms with Crippen LogP contribution in [0, 0.1) is 0 Å². The lowest BCUT2D eigenvalue weighted by Gasteiger charge is -2.36. The maximum atomic E-state index is 12.1. The second kappa shape index (κ2) is 8.90. The van der Waals surface area contributed by atoms with Crippen molar-refractivity contribution in [2.24, 2.45) is 0 Å². The molecule has 3 fully saturated rings. The summed E-state index contributed by atoms with van der Waals surface area (Å²) in [7, 11) is 1.63. The number of hydrogen-bond donors (Lipinski definition) is 2. The first-order chi connectivity index (χ1) is 16.7. The first kappa shape index (κ1) is 21.4. The van der Waals surface area contributed by atoms with E-state index in [2.05, 4.69) is 21.6 Å². The Hall–Kier alpha value is -3.14. The van der Waals surface area contributed by atoms with E-state index in [9.17, 15) is 4.79 Å². The van der Waals surface area contributed by atoms with Crippen molar-refractivity contribution < 1.29 is 14.3 Å². The predicted octanol–water partition coefficient (Wildman–Crippen LogP) is 2.08. The van der Waals surface area contributed by atoms with Gasteiger partial charge in [0.05, 0.1) is 43.0 Å². The molecule has 34 heavy (non-hydrogen) atoms. The summed E-state index contributed by atoms with van der Waals surface area (Å²) in [4.78, 5) is 29.4. The number of nitrogens with one attached hydrogen (secondary N) is 2. The van der Waals surface area contributed by atoms with Crippen molar-refractivity contribution >= 4 is 22.8 Å². The van der Waals surface area contributed by atoms with Crippen molar-refractivity contribution in [2.75, 3.05) is 44.9 Å². The predicted molar refractivity (Wildman–Crippen MR) is 128 cm³/mol. The standard InChI is InChI=1S/C25H28N6O3/c1-26-25(32)16-4-2-3-15(11-16)20-8-7-19-22(28-20)29-23(21-12-27-9-10-34-21)30-24(19)31-17-5-6-18(31)14-33-13-17/h2-4,7-8,11,17-18,21,27H,5-6,9-10,12-14H2,1H3,(H,26,32). The largest absolute Gasteiger partial charge is 0.377 e. The van der Waals surface area contributed by atoms with Gasteiger partial charge in [-0.05, 0) is 37.1 Å². The molecule has 5 heterocycles. The van der Waals surface area contributed by atoms with Gasteiger partial charge in [-0.15, -0.1) is 0 Å². The molecule has 6 rings (SSSR count). The smallest absolute Gasteiger partial charge is 0.251 e. The summed E-state index contributed by atoms with van der Waals surface area (Å²) in [6.45, 7) is 3.57. The molecule has 1 amide bonds. The van der Waals surface area contributed by atoms with Crippen LogP contribution in [0.1, 0.15) is 35.1 Å². The van der Waals surface area contributed by atoms with E-state index >= 15 is 0 Å². The Morgan fingerprint density at radius 2 is 1.97 bits per heavy atom. The third-order valence-electron chi connectivity index (χ3n) is 6.91. The Morgan fingerprint density at radius 3 is 2.74 bits per heavy atom. The van der Waals surface area contributed by atoms with Gasteiger partial charge in [-0.1, -0.05) is 12.1 Å². The van der Waals surface area contributed by atoms with Crippen LogP contribution in [0.3, 0.4) is 0 Å². The normalized spacial score (nSPS) is 24.4. The summed E-state index contributed by atoms with van der Waals surface area (Å²) in [6.07, 6.45) is 1.99. The SMILES string of the molecule is CNC(=O)c1cccc(-c2ccc3c(N4C5CCC4COC5)nc(C4CNCCO4)nc3n2)c1. The van der Waals surface area contributed by atoms with Gasteiger partial charge in [0, 0.05) is 31.3 Å². The first-order valence-corrected chi connectivity index (χ1v) is 11.9. The molecule has 3 unspecified atom stereocenters. The van der Waals surface area contributed by atoms with Crippen LogP contribution in [0.2, 0.25) is 0 Å². The van der Waals surface area contributed by atoms with E-state index < -0.39 is 0 Å². The second-order valence-electron chi connectivity index (χ2n) is 9.03. The third-order valence-corrected chi connectivity index (χ3v) is 6.91. The number of fused-ring (bicyclic) bond motifs is 3. The third kappa shape index (κ3) is 3.79. The molecule has 3 atom stereocenters. The number of carbonyl (C=O) groups is 1. The summed E-state index contributed by atoms with van der Waals surface area (Å²) in [6, 6.07) is 12.2. The minimum atomic E-state index is -0.211. The van der Waals surface area contributed by atoms with Crippen molar-refractivity contribution in [2.45, 2.75) is 31.0 Å². The minimum Gasteiger partial charge on any atom is -0.377 e. The van der Waals surface area contributed by atoms with Gasteiger partial charge in [0.2, 0.25) is 0 Å². The van der Waals surface area contributed by atoms with Crippen LogP contribution in [0.15, 0.2) is 36.4 Å². The molecule has 0 aliphatic carbocycles. The van der Waals surface area contributed by atoms with E-state index in [0.717, 1.165) is 55.1 Å². The zero-order valence-corrected chi connectivity index (χ0v) is 19.2. The number of pyridine rings is 1. The highest BCUT2D eigenvalue weighted by Gasteiger charge is 2.39. The van der Waals surface area contributed by atoms with Crippen molar-refractivity contribution in [3.05, 3.63) is 47.8 Å². The van der Waals surface area contributed by atoms with E-state index in [1.54, 1.807) is 13.1 Å². The number of carbonyl (C=O) groups excluding carboxylic acids is 1. The average Bonchev–Trinajstić information content (AvgIpc) is 3.14. The summed E-state index contributed by atoms with van der Waals surface area (Å²) in [5.74, 6) is 1.45. The molecule has 3 aromatic rings. The zero-order chi connectivity index (χ0) is 23.1. The lowest BCUT2D eigenvalue weighted by molar-refractivity contribution is 0.0223. The molecule has 176 valence electrons. The van der Waals surface area contributed by atoms with Gasteiger partial charge in [-0.25, -0.2) is 15.0 Å². The van der Waals surface area contributed by atoms with Crippen molar-refractivity contribution in [1.29, 1.82) is 0 Å².